The van der Waals surface area contributed by atoms with Gasteiger partial charge in [0, 0.05) is 12.2 Å². The lowest BCUT2D eigenvalue weighted by Crippen LogP contribution is -2.38. The van der Waals surface area contributed by atoms with Crippen LogP contribution in [0.5, 0.6) is 0 Å². The Morgan fingerprint density at radius 2 is 2.00 bits per heavy atom. The van der Waals surface area contributed by atoms with Gasteiger partial charge >= 0.3 is 18.2 Å². The molecule has 1 aromatic carbocycles. The Hall–Kier alpha value is -2.25. The summed E-state index contributed by atoms with van der Waals surface area (Å²) >= 11 is 0. The molecule has 0 heterocycles. The molecule has 5 nitrogen and oxygen atoms in total. The highest BCUT2D eigenvalue weighted by molar-refractivity contribution is 5.91. The Morgan fingerprint density at radius 1 is 1.35 bits per heavy atom. The van der Waals surface area contributed by atoms with Crippen molar-refractivity contribution in [2.75, 3.05) is 18.4 Å². The van der Waals surface area contributed by atoms with Crippen LogP contribution < -0.4 is 5.32 Å². The molecule has 0 aromatic heterocycles. The number of carboxylic acids is 1. The first-order valence-corrected chi connectivity index (χ1v) is 5.69. The number of benzene rings is 1. The van der Waals surface area contributed by atoms with Gasteiger partial charge in [-0.2, -0.15) is 13.2 Å². The van der Waals surface area contributed by atoms with Gasteiger partial charge < -0.3 is 15.3 Å². The summed E-state index contributed by atoms with van der Waals surface area (Å²) in [5.74, 6) is -1.20. The second-order valence-corrected chi connectivity index (χ2v) is 3.92. The molecule has 0 spiro atoms. The normalized spacial score (nSPS) is 11.0. The van der Waals surface area contributed by atoms with Crippen molar-refractivity contribution in [3.8, 4) is 0 Å². The highest BCUT2D eigenvalue weighted by Crippen LogP contribution is 2.30. The molecule has 0 bridgehead atoms. The van der Waals surface area contributed by atoms with Gasteiger partial charge in [-0.1, -0.05) is 6.07 Å². The van der Waals surface area contributed by atoms with Crippen LogP contribution in [0.15, 0.2) is 24.3 Å². The number of carbonyl (C=O) groups excluding carboxylic acids is 1. The molecule has 0 saturated heterocycles. The van der Waals surface area contributed by atoms with E-state index in [0.717, 1.165) is 23.1 Å². The van der Waals surface area contributed by atoms with Crippen molar-refractivity contribution in [3.05, 3.63) is 29.8 Å². The van der Waals surface area contributed by atoms with Gasteiger partial charge in [0.15, 0.2) is 0 Å². The molecule has 0 aliphatic carbocycles. The molecule has 2 amide bonds. The predicted octanol–water partition coefficient (Wildman–Crippen LogP) is 2.64. The Labute approximate surface area is 113 Å². The summed E-state index contributed by atoms with van der Waals surface area (Å²) in [4.78, 5) is 23.2. The van der Waals surface area contributed by atoms with E-state index >= 15 is 0 Å². The number of hydrogen-bond donors (Lipinski definition) is 2. The fourth-order valence-corrected chi connectivity index (χ4v) is 1.47. The summed E-state index contributed by atoms with van der Waals surface area (Å²) in [7, 11) is 0. The molecule has 0 saturated carbocycles. The second kappa shape index (κ2) is 6.27. The maximum atomic E-state index is 12.5. The summed E-state index contributed by atoms with van der Waals surface area (Å²) in [6, 6.07) is 3.35. The molecule has 0 aliphatic heterocycles. The third-order valence-electron chi connectivity index (χ3n) is 2.44. The van der Waals surface area contributed by atoms with Gasteiger partial charge in [0.25, 0.3) is 0 Å². The monoisotopic (exact) mass is 290 g/mol. The number of urea groups is 1. The van der Waals surface area contributed by atoms with Crippen molar-refractivity contribution in [1.82, 2.24) is 4.90 Å². The number of aliphatic carboxylic acids is 1. The molecule has 0 aliphatic rings. The number of likely N-dealkylation sites (N-methyl/N-ethyl adjacent to an activating group) is 1. The van der Waals surface area contributed by atoms with Crippen molar-refractivity contribution in [1.29, 1.82) is 0 Å². The molecule has 0 fully saturated rings. The average Bonchev–Trinajstić information content (AvgIpc) is 2.34. The van der Waals surface area contributed by atoms with Crippen LogP contribution in [-0.4, -0.2) is 35.1 Å². The van der Waals surface area contributed by atoms with Gasteiger partial charge in [-0.05, 0) is 25.1 Å². The summed E-state index contributed by atoms with van der Waals surface area (Å²) < 4.78 is 37.5. The first kappa shape index (κ1) is 15.8. The van der Waals surface area contributed by atoms with E-state index in [4.69, 9.17) is 5.11 Å². The topological polar surface area (TPSA) is 69.6 Å². The molecule has 2 N–H and O–H groups in total. The number of carboxylic acid groups (broad SMARTS) is 1. The summed E-state index contributed by atoms with van der Waals surface area (Å²) in [5, 5.41) is 10.8. The number of amides is 2. The maximum Gasteiger partial charge on any atom is 0.416 e. The van der Waals surface area contributed by atoms with Gasteiger partial charge in [0.05, 0.1) is 5.56 Å². The van der Waals surface area contributed by atoms with E-state index in [9.17, 15) is 22.8 Å². The number of hydrogen-bond acceptors (Lipinski definition) is 2. The first-order valence-electron chi connectivity index (χ1n) is 5.69. The van der Waals surface area contributed by atoms with Gasteiger partial charge in [-0.15, -0.1) is 0 Å². The molecule has 0 radical (unpaired) electrons. The fraction of sp³-hybridized carbons (Fsp3) is 0.333. The largest absolute Gasteiger partial charge is 0.480 e. The van der Waals surface area contributed by atoms with Gasteiger partial charge in [0.2, 0.25) is 0 Å². The Morgan fingerprint density at radius 3 is 2.50 bits per heavy atom. The van der Waals surface area contributed by atoms with Crippen LogP contribution in [0.1, 0.15) is 12.5 Å². The van der Waals surface area contributed by atoms with E-state index in [0.29, 0.717) is 0 Å². The van der Waals surface area contributed by atoms with Crippen molar-refractivity contribution in [2.45, 2.75) is 13.1 Å². The number of alkyl halides is 3. The summed E-state index contributed by atoms with van der Waals surface area (Å²) in [5.41, 5.74) is -0.940. The summed E-state index contributed by atoms with van der Waals surface area (Å²) in [6.07, 6.45) is -4.51. The molecule has 110 valence electrons. The van der Waals surface area contributed by atoms with Crippen LogP contribution in [0, 0.1) is 0 Å². The van der Waals surface area contributed by atoms with Gasteiger partial charge in [-0.3, -0.25) is 4.79 Å². The van der Waals surface area contributed by atoms with Crippen molar-refractivity contribution in [3.63, 3.8) is 0 Å². The minimum atomic E-state index is -4.51. The molecule has 0 unspecified atom stereocenters. The summed E-state index contributed by atoms with van der Waals surface area (Å²) in [6.45, 7) is 1.16. The zero-order valence-corrected chi connectivity index (χ0v) is 10.6. The van der Waals surface area contributed by atoms with Crippen LogP contribution in [0.2, 0.25) is 0 Å². The third kappa shape index (κ3) is 4.45. The Bertz CT molecular complexity index is 503. The minimum Gasteiger partial charge on any atom is -0.480 e. The molecule has 8 heteroatoms. The van der Waals surface area contributed by atoms with E-state index in [-0.39, 0.29) is 12.2 Å². The number of nitrogens with one attached hydrogen (secondary N) is 1. The molecule has 20 heavy (non-hydrogen) atoms. The van der Waals surface area contributed by atoms with Crippen LogP contribution in [0.25, 0.3) is 0 Å². The minimum absolute atomic E-state index is 0.0475. The van der Waals surface area contributed by atoms with Gasteiger partial charge in [-0.25, -0.2) is 4.79 Å². The van der Waals surface area contributed by atoms with Crippen LogP contribution in [0.4, 0.5) is 23.7 Å². The molecular formula is C12H13F3N2O3. The van der Waals surface area contributed by atoms with Crippen molar-refractivity contribution >= 4 is 17.7 Å². The van der Waals surface area contributed by atoms with Crippen LogP contribution in [-0.2, 0) is 11.0 Å². The molecule has 1 rings (SSSR count). The van der Waals surface area contributed by atoms with Crippen molar-refractivity contribution in [2.24, 2.45) is 0 Å². The van der Waals surface area contributed by atoms with Gasteiger partial charge in [0.1, 0.15) is 6.54 Å². The molecular weight excluding hydrogens is 277 g/mol. The Kier molecular flexibility index (Phi) is 4.95. The lowest BCUT2D eigenvalue weighted by molar-refractivity contribution is -0.138. The fourth-order valence-electron chi connectivity index (χ4n) is 1.47. The van der Waals surface area contributed by atoms with E-state index < -0.39 is 30.3 Å². The maximum absolute atomic E-state index is 12.5. The second-order valence-electron chi connectivity index (χ2n) is 3.92. The highest BCUT2D eigenvalue weighted by atomic mass is 19.4. The van der Waals surface area contributed by atoms with Crippen LogP contribution >= 0.6 is 0 Å². The zero-order chi connectivity index (χ0) is 15.3. The third-order valence-corrected chi connectivity index (χ3v) is 2.44. The smallest absolute Gasteiger partial charge is 0.416 e. The average molecular weight is 290 g/mol. The van der Waals surface area contributed by atoms with Crippen LogP contribution in [0.3, 0.4) is 0 Å². The van der Waals surface area contributed by atoms with E-state index in [2.05, 4.69) is 5.32 Å². The first-order chi connectivity index (χ1) is 9.24. The molecule has 1 aromatic rings. The Balaban J connectivity index is 2.82. The number of halogens is 3. The SMILES string of the molecule is CCN(CC(=O)O)C(=O)Nc1cccc(C(F)(F)F)c1. The number of carbonyl (C=O) groups is 2. The number of nitrogens with zero attached hydrogens (tertiary/aromatic N) is 1. The standard InChI is InChI=1S/C12H13F3N2O3/c1-2-17(7-10(18)19)11(20)16-9-5-3-4-8(6-9)12(13,14)15/h3-6H,2,7H2,1H3,(H,16,20)(H,18,19). The van der Waals surface area contributed by atoms with E-state index in [1.807, 2.05) is 0 Å². The lowest BCUT2D eigenvalue weighted by Gasteiger charge is -2.19. The zero-order valence-electron chi connectivity index (χ0n) is 10.6. The van der Waals surface area contributed by atoms with E-state index in [1.54, 1.807) is 6.92 Å². The lowest BCUT2D eigenvalue weighted by atomic mass is 10.2. The highest BCUT2D eigenvalue weighted by Gasteiger charge is 2.30. The van der Waals surface area contributed by atoms with Crippen molar-refractivity contribution < 1.29 is 27.9 Å². The quantitative estimate of drug-likeness (QED) is 0.895. The molecule has 0 atom stereocenters. The van der Waals surface area contributed by atoms with E-state index in [1.165, 1.54) is 6.07 Å². The predicted molar refractivity (Wildman–Crippen MR) is 65.3 cm³/mol. The number of rotatable bonds is 4. The number of anilines is 1.